The molecule has 1 aliphatic heterocycles. The first-order valence-electron chi connectivity index (χ1n) is 10.9. The van der Waals surface area contributed by atoms with Gasteiger partial charge in [0.1, 0.15) is 5.00 Å². The summed E-state index contributed by atoms with van der Waals surface area (Å²) in [5, 5.41) is 9.74. The van der Waals surface area contributed by atoms with Gasteiger partial charge in [0.2, 0.25) is 0 Å². The van der Waals surface area contributed by atoms with Crippen LogP contribution in [-0.2, 0) is 18.1 Å². The Hall–Kier alpha value is -2.39. The van der Waals surface area contributed by atoms with E-state index >= 15 is 0 Å². The molecule has 0 spiro atoms. The van der Waals surface area contributed by atoms with Gasteiger partial charge in [0, 0.05) is 27.1 Å². The topological polar surface area (TPSA) is 70.2 Å². The third-order valence-corrected chi connectivity index (χ3v) is 7.64. The molecule has 0 radical (unpaired) electrons. The lowest BCUT2D eigenvalue weighted by molar-refractivity contribution is -0.137. The van der Waals surface area contributed by atoms with Crippen LogP contribution in [0, 0.1) is 0 Å². The van der Waals surface area contributed by atoms with Crippen LogP contribution in [-0.4, -0.2) is 22.9 Å². The minimum Gasteiger partial charge on any atom is -0.347 e. The molecule has 1 aromatic heterocycles. The zero-order valence-electron chi connectivity index (χ0n) is 19.3. The fraction of sp³-hybridized carbons (Fsp3) is 0.500. The van der Waals surface area contributed by atoms with Crippen LogP contribution < -0.4 is 16.0 Å². The van der Waals surface area contributed by atoms with Gasteiger partial charge in [-0.05, 0) is 77.6 Å². The Bertz CT molecular complexity index is 1130. The van der Waals surface area contributed by atoms with Crippen molar-refractivity contribution in [1.82, 2.24) is 10.6 Å². The number of rotatable bonds is 4. The molecule has 0 atom stereocenters. The van der Waals surface area contributed by atoms with Crippen LogP contribution in [0.5, 0.6) is 0 Å². The van der Waals surface area contributed by atoms with Gasteiger partial charge >= 0.3 is 6.18 Å². The Morgan fingerprint density at radius 2 is 1.73 bits per heavy atom. The van der Waals surface area contributed by atoms with E-state index in [1.165, 1.54) is 23.5 Å². The third kappa shape index (κ3) is 4.80. The normalized spacial score (nSPS) is 20.0. The van der Waals surface area contributed by atoms with Gasteiger partial charge in [0.05, 0.1) is 11.1 Å². The molecule has 5 nitrogen and oxygen atoms in total. The number of anilines is 1. The fourth-order valence-electron chi connectivity index (χ4n) is 4.52. The molecule has 0 bridgehead atoms. The summed E-state index contributed by atoms with van der Waals surface area (Å²) in [6.07, 6.45) is -2.20. The van der Waals surface area contributed by atoms with Gasteiger partial charge < -0.3 is 16.0 Å². The number of nitrogens with one attached hydrogen (secondary N) is 3. The molecule has 9 heteroatoms. The van der Waals surface area contributed by atoms with Crippen LogP contribution in [0.2, 0.25) is 0 Å². The van der Waals surface area contributed by atoms with Crippen LogP contribution >= 0.6 is 11.3 Å². The monoisotopic (exact) mass is 479 g/mol. The molecule has 4 rings (SSSR count). The Morgan fingerprint density at radius 1 is 1.06 bits per heavy atom. The van der Waals surface area contributed by atoms with Crippen molar-refractivity contribution >= 4 is 28.2 Å². The molecule has 2 heterocycles. The number of fused-ring (bicyclic) bond motifs is 1. The van der Waals surface area contributed by atoms with Gasteiger partial charge in [-0.2, -0.15) is 13.2 Å². The number of thiophene rings is 1. The standard InChI is InChI=1S/C24H28F3N3O2S/c1-21(2)12-15-16(19(32)29-23(5)9-10-23)20(33-17(15)22(3,4)30-21)28-18(31)13-7-6-8-14(11-13)24(25,26)27/h6-8,11,30H,9-10,12H2,1-5H3,(H,28,31)(H,29,32). The second-order valence-electron chi connectivity index (χ2n) is 10.5. The highest BCUT2D eigenvalue weighted by atomic mass is 32.1. The Balaban J connectivity index is 1.74. The lowest BCUT2D eigenvalue weighted by atomic mass is 9.81. The average molecular weight is 480 g/mol. The number of carbonyl (C=O) groups is 2. The van der Waals surface area contributed by atoms with Gasteiger partial charge in [-0.15, -0.1) is 11.3 Å². The Labute approximate surface area is 195 Å². The smallest absolute Gasteiger partial charge is 0.347 e. The fourth-order valence-corrected chi connectivity index (χ4v) is 5.79. The SMILES string of the molecule is CC1(C)Cc2c(sc(NC(=O)c3cccc(C(F)(F)F)c3)c2C(=O)NC2(C)CC2)C(C)(C)N1. The minimum absolute atomic E-state index is 0.116. The molecule has 3 N–H and O–H groups in total. The van der Waals surface area contributed by atoms with Gasteiger partial charge in [-0.1, -0.05) is 6.07 Å². The maximum absolute atomic E-state index is 13.4. The van der Waals surface area contributed by atoms with E-state index in [0.29, 0.717) is 17.0 Å². The molecule has 1 aliphatic carbocycles. The lowest BCUT2D eigenvalue weighted by Gasteiger charge is -2.42. The molecule has 2 amide bonds. The van der Waals surface area contributed by atoms with Crippen molar-refractivity contribution in [2.45, 2.75) is 76.7 Å². The molecule has 0 saturated heterocycles. The maximum atomic E-state index is 13.4. The highest BCUT2D eigenvalue weighted by molar-refractivity contribution is 7.17. The number of hydrogen-bond donors (Lipinski definition) is 3. The van der Waals surface area contributed by atoms with Crippen LogP contribution in [0.3, 0.4) is 0 Å². The summed E-state index contributed by atoms with van der Waals surface area (Å²) in [6.45, 7) is 10.1. The largest absolute Gasteiger partial charge is 0.416 e. The molecule has 178 valence electrons. The zero-order chi connectivity index (χ0) is 24.4. The van der Waals surface area contributed by atoms with Crippen LogP contribution in [0.25, 0.3) is 0 Å². The summed E-state index contributed by atoms with van der Waals surface area (Å²) in [6, 6.07) is 4.28. The van der Waals surface area contributed by atoms with Gasteiger partial charge in [0.25, 0.3) is 11.8 Å². The van der Waals surface area contributed by atoms with E-state index < -0.39 is 23.2 Å². The summed E-state index contributed by atoms with van der Waals surface area (Å²) in [5.74, 6) is -0.947. The Morgan fingerprint density at radius 3 is 2.33 bits per heavy atom. The second-order valence-corrected chi connectivity index (χ2v) is 11.5. The molecule has 1 saturated carbocycles. The van der Waals surface area contributed by atoms with Crippen molar-refractivity contribution in [2.75, 3.05) is 5.32 Å². The van der Waals surface area contributed by atoms with E-state index in [1.807, 2.05) is 20.8 Å². The van der Waals surface area contributed by atoms with E-state index in [0.717, 1.165) is 35.4 Å². The van der Waals surface area contributed by atoms with Crippen molar-refractivity contribution < 1.29 is 22.8 Å². The van der Waals surface area contributed by atoms with Crippen LogP contribution in [0.1, 0.15) is 84.2 Å². The summed E-state index contributed by atoms with van der Waals surface area (Å²) in [4.78, 5) is 27.2. The van der Waals surface area contributed by atoms with Crippen molar-refractivity contribution in [3.05, 3.63) is 51.4 Å². The third-order valence-electron chi connectivity index (χ3n) is 6.17. The average Bonchev–Trinajstić information content (AvgIpc) is 3.27. The lowest BCUT2D eigenvalue weighted by Crippen LogP contribution is -2.55. The number of hydrogen-bond acceptors (Lipinski definition) is 4. The highest BCUT2D eigenvalue weighted by Crippen LogP contribution is 2.46. The first kappa shape index (κ1) is 23.8. The van der Waals surface area contributed by atoms with E-state index in [-0.39, 0.29) is 22.5 Å². The number of halogens is 3. The summed E-state index contributed by atoms with van der Waals surface area (Å²) >= 11 is 1.30. The highest BCUT2D eigenvalue weighted by Gasteiger charge is 2.44. The van der Waals surface area contributed by atoms with Gasteiger partial charge in [-0.25, -0.2) is 0 Å². The number of carbonyl (C=O) groups excluding carboxylic acids is 2. The number of amides is 2. The molecule has 2 aliphatic rings. The molecule has 2 aromatic rings. The predicted molar refractivity (Wildman–Crippen MR) is 123 cm³/mol. The van der Waals surface area contributed by atoms with E-state index in [1.54, 1.807) is 0 Å². The molecule has 33 heavy (non-hydrogen) atoms. The Kier molecular flexibility index (Phi) is 5.44. The number of alkyl halides is 3. The van der Waals surface area contributed by atoms with Gasteiger partial charge in [0.15, 0.2) is 0 Å². The maximum Gasteiger partial charge on any atom is 0.416 e. The van der Waals surface area contributed by atoms with Crippen molar-refractivity contribution in [3.8, 4) is 0 Å². The van der Waals surface area contributed by atoms with E-state index in [9.17, 15) is 22.8 Å². The quantitative estimate of drug-likeness (QED) is 0.545. The molecular weight excluding hydrogens is 451 g/mol. The first-order chi connectivity index (χ1) is 15.1. The molecule has 1 aromatic carbocycles. The summed E-state index contributed by atoms with van der Waals surface area (Å²) < 4.78 is 39.3. The second kappa shape index (κ2) is 7.56. The summed E-state index contributed by atoms with van der Waals surface area (Å²) in [7, 11) is 0. The van der Waals surface area contributed by atoms with Crippen LogP contribution in [0.15, 0.2) is 24.3 Å². The number of benzene rings is 1. The minimum atomic E-state index is -4.55. The predicted octanol–water partition coefficient (Wildman–Crippen LogP) is 5.46. The first-order valence-corrected chi connectivity index (χ1v) is 11.7. The molecular formula is C24H28F3N3O2S. The van der Waals surface area contributed by atoms with E-state index in [2.05, 4.69) is 29.8 Å². The van der Waals surface area contributed by atoms with Crippen molar-refractivity contribution in [2.24, 2.45) is 0 Å². The molecule has 0 unspecified atom stereocenters. The van der Waals surface area contributed by atoms with Crippen LogP contribution in [0.4, 0.5) is 18.2 Å². The van der Waals surface area contributed by atoms with Crippen molar-refractivity contribution in [3.63, 3.8) is 0 Å². The van der Waals surface area contributed by atoms with Crippen molar-refractivity contribution in [1.29, 1.82) is 0 Å². The molecule has 1 fully saturated rings. The summed E-state index contributed by atoms with van der Waals surface area (Å²) in [5.41, 5.74) is -0.716. The zero-order valence-corrected chi connectivity index (χ0v) is 20.1. The van der Waals surface area contributed by atoms with E-state index in [4.69, 9.17) is 0 Å². The van der Waals surface area contributed by atoms with Gasteiger partial charge in [-0.3, -0.25) is 9.59 Å².